The smallest absolute Gasteiger partial charge is 0.137 e. The highest BCUT2D eigenvalue weighted by atomic mass is 15.1. The number of pyridine rings is 1. The zero-order chi connectivity index (χ0) is 15.6. The average Bonchev–Trinajstić information content (AvgIpc) is 3.25. The van der Waals surface area contributed by atoms with Crippen LogP contribution in [0.2, 0.25) is 0 Å². The van der Waals surface area contributed by atoms with E-state index in [-0.39, 0.29) is 0 Å². The van der Waals surface area contributed by atoms with Crippen molar-refractivity contribution >= 4 is 11.0 Å². The van der Waals surface area contributed by atoms with Crippen LogP contribution in [-0.4, -0.2) is 44.7 Å². The summed E-state index contributed by atoms with van der Waals surface area (Å²) < 4.78 is 0. The Morgan fingerprint density at radius 3 is 3.00 bits per heavy atom. The van der Waals surface area contributed by atoms with Crippen LogP contribution in [0.1, 0.15) is 24.5 Å². The van der Waals surface area contributed by atoms with E-state index in [2.05, 4.69) is 37.2 Å². The number of rotatable bonds is 3. The summed E-state index contributed by atoms with van der Waals surface area (Å²) >= 11 is 0. The fourth-order valence-corrected chi connectivity index (χ4v) is 3.37. The molecule has 0 bridgehead atoms. The van der Waals surface area contributed by atoms with Gasteiger partial charge in [-0.15, -0.1) is 0 Å². The van der Waals surface area contributed by atoms with Crippen LogP contribution in [0.4, 0.5) is 0 Å². The number of nitrogens with one attached hydrogen (secondary N) is 2. The first kappa shape index (κ1) is 14.0. The summed E-state index contributed by atoms with van der Waals surface area (Å²) in [5, 5.41) is 17.6. The molecule has 6 heteroatoms. The standard InChI is InChI=1S/C17H18N6/c18-5-10-23-8-3-12(4-9-23)15-11-16(22-21-15)13-1-6-19-17-14(13)2-7-20-17/h1-2,6-7,11-12H,3-4,8-10H2,(H,19,20)(H,21,22). The van der Waals surface area contributed by atoms with Crippen molar-refractivity contribution in [3.8, 4) is 17.3 Å². The predicted molar refractivity (Wildman–Crippen MR) is 87.7 cm³/mol. The molecular formula is C17H18N6. The molecule has 3 aromatic heterocycles. The molecule has 0 aromatic carbocycles. The molecule has 0 spiro atoms. The number of nitrogens with zero attached hydrogens (tertiary/aromatic N) is 4. The zero-order valence-electron chi connectivity index (χ0n) is 12.8. The quantitative estimate of drug-likeness (QED) is 0.729. The van der Waals surface area contributed by atoms with E-state index in [9.17, 15) is 0 Å². The second-order valence-corrected chi connectivity index (χ2v) is 6.02. The number of aromatic amines is 2. The fourth-order valence-electron chi connectivity index (χ4n) is 3.37. The summed E-state index contributed by atoms with van der Waals surface area (Å²) in [5.74, 6) is 0.495. The topological polar surface area (TPSA) is 84.4 Å². The van der Waals surface area contributed by atoms with Crippen LogP contribution >= 0.6 is 0 Å². The first-order chi connectivity index (χ1) is 11.3. The Morgan fingerprint density at radius 2 is 2.17 bits per heavy atom. The van der Waals surface area contributed by atoms with Crippen molar-refractivity contribution in [2.45, 2.75) is 18.8 Å². The molecule has 4 heterocycles. The minimum atomic E-state index is 0.495. The number of piperidine rings is 1. The van der Waals surface area contributed by atoms with Crippen LogP contribution in [0.15, 0.2) is 30.6 Å². The first-order valence-electron chi connectivity index (χ1n) is 7.92. The summed E-state index contributed by atoms with van der Waals surface area (Å²) in [6, 6.07) is 8.43. The third-order valence-corrected chi connectivity index (χ3v) is 4.66. The number of fused-ring (bicyclic) bond motifs is 1. The molecule has 6 nitrogen and oxygen atoms in total. The Kier molecular flexibility index (Phi) is 3.56. The summed E-state index contributed by atoms with van der Waals surface area (Å²) in [4.78, 5) is 9.67. The lowest BCUT2D eigenvalue weighted by Crippen LogP contribution is -2.33. The van der Waals surface area contributed by atoms with Gasteiger partial charge in [-0.1, -0.05) is 0 Å². The largest absolute Gasteiger partial charge is 0.346 e. The number of nitriles is 1. The minimum Gasteiger partial charge on any atom is -0.346 e. The second-order valence-electron chi connectivity index (χ2n) is 6.02. The van der Waals surface area contributed by atoms with Gasteiger partial charge >= 0.3 is 0 Å². The summed E-state index contributed by atoms with van der Waals surface area (Å²) in [6.07, 6.45) is 5.85. The highest BCUT2D eigenvalue weighted by Gasteiger charge is 2.22. The van der Waals surface area contributed by atoms with E-state index < -0.39 is 0 Å². The SMILES string of the molecule is N#CCN1CCC(c2cc(-c3ccnc4[nH]ccc34)n[nH]2)CC1. The first-order valence-corrected chi connectivity index (χ1v) is 7.92. The lowest BCUT2D eigenvalue weighted by atomic mass is 9.93. The molecule has 1 aliphatic heterocycles. The maximum absolute atomic E-state index is 8.78. The molecule has 0 aliphatic carbocycles. The van der Waals surface area contributed by atoms with Gasteiger partial charge in [-0.25, -0.2) is 4.98 Å². The lowest BCUT2D eigenvalue weighted by molar-refractivity contribution is 0.233. The van der Waals surface area contributed by atoms with E-state index in [0.29, 0.717) is 12.5 Å². The van der Waals surface area contributed by atoms with Crippen molar-refractivity contribution in [3.63, 3.8) is 0 Å². The van der Waals surface area contributed by atoms with Gasteiger partial charge in [0.1, 0.15) is 5.65 Å². The summed E-state index contributed by atoms with van der Waals surface area (Å²) in [7, 11) is 0. The van der Waals surface area contributed by atoms with E-state index in [4.69, 9.17) is 5.26 Å². The van der Waals surface area contributed by atoms with Crippen molar-refractivity contribution in [3.05, 3.63) is 36.3 Å². The van der Waals surface area contributed by atoms with E-state index in [1.54, 1.807) is 0 Å². The Hall–Kier alpha value is -2.65. The highest BCUT2D eigenvalue weighted by Crippen LogP contribution is 2.31. The van der Waals surface area contributed by atoms with Gasteiger partial charge < -0.3 is 4.98 Å². The number of hydrogen-bond donors (Lipinski definition) is 2. The normalized spacial score (nSPS) is 16.7. The Morgan fingerprint density at radius 1 is 1.30 bits per heavy atom. The van der Waals surface area contributed by atoms with Gasteiger partial charge in [0, 0.05) is 35.0 Å². The number of likely N-dealkylation sites (tertiary alicyclic amines) is 1. The molecule has 0 atom stereocenters. The van der Waals surface area contributed by atoms with Crippen LogP contribution in [-0.2, 0) is 0 Å². The molecule has 0 unspecified atom stereocenters. The molecule has 0 amide bonds. The molecule has 116 valence electrons. The molecule has 4 rings (SSSR count). The van der Waals surface area contributed by atoms with Gasteiger partial charge in [-0.2, -0.15) is 10.4 Å². The monoisotopic (exact) mass is 306 g/mol. The molecule has 1 saturated heterocycles. The van der Waals surface area contributed by atoms with E-state index in [1.165, 1.54) is 5.69 Å². The maximum Gasteiger partial charge on any atom is 0.137 e. The molecule has 1 fully saturated rings. The van der Waals surface area contributed by atoms with Gasteiger partial charge in [-0.05, 0) is 44.1 Å². The van der Waals surface area contributed by atoms with Crippen LogP contribution in [0.5, 0.6) is 0 Å². The molecule has 0 saturated carbocycles. The summed E-state index contributed by atoms with van der Waals surface area (Å²) in [6.45, 7) is 2.48. The Balaban J connectivity index is 1.56. The van der Waals surface area contributed by atoms with E-state index >= 15 is 0 Å². The van der Waals surface area contributed by atoms with Gasteiger partial charge in [0.2, 0.25) is 0 Å². The molecule has 0 radical (unpaired) electrons. The van der Waals surface area contributed by atoms with Crippen molar-refractivity contribution in [2.24, 2.45) is 0 Å². The van der Waals surface area contributed by atoms with Crippen molar-refractivity contribution in [2.75, 3.05) is 19.6 Å². The van der Waals surface area contributed by atoms with Crippen molar-refractivity contribution < 1.29 is 0 Å². The van der Waals surface area contributed by atoms with Gasteiger partial charge in [0.15, 0.2) is 0 Å². The van der Waals surface area contributed by atoms with Crippen LogP contribution in [0, 0.1) is 11.3 Å². The average molecular weight is 306 g/mol. The zero-order valence-corrected chi connectivity index (χ0v) is 12.8. The molecule has 23 heavy (non-hydrogen) atoms. The van der Waals surface area contributed by atoms with Gasteiger partial charge in [0.25, 0.3) is 0 Å². The molecular weight excluding hydrogens is 288 g/mol. The highest BCUT2D eigenvalue weighted by molar-refractivity contribution is 5.91. The molecule has 2 N–H and O–H groups in total. The predicted octanol–water partition coefficient (Wildman–Crippen LogP) is 2.66. The van der Waals surface area contributed by atoms with Crippen LogP contribution in [0.3, 0.4) is 0 Å². The Bertz CT molecular complexity index is 847. The number of hydrogen-bond acceptors (Lipinski definition) is 4. The van der Waals surface area contributed by atoms with Crippen molar-refractivity contribution in [1.82, 2.24) is 25.1 Å². The second kappa shape index (κ2) is 5.86. The van der Waals surface area contributed by atoms with E-state index in [1.807, 2.05) is 24.5 Å². The molecule has 3 aromatic rings. The maximum atomic E-state index is 8.78. The number of H-pyrrole nitrogens is 2. The Labute approximate surface area is 134 Å². The lowest BCUT2D eigenvalue weighted by Gasteiger charge is -2.29. The fraction of sp³-hybridized carbons (Fsp3) is 0.353. The van der Waals surface area contributed by atoms with E-state index in [0.717, 1.165) is 48.2 Å². The third-order valence-electron chi connectivity index (χ3n) is 4.66. The van der Waals surface area contributed by atoms with Crippen molar-refractivity contribution in [1.29, 1.82) is 5.26 Å². The summed E-state index contributed by atoms with van der Waals surface area (Å²) in [5.41, 5.74) is 4.14. The molecule has 1 aliphatic rings. The van der Waals surface area contributed by atoms with Gasteiger partial charge in [0.05, 0.1) is 18.3 Å². The minimum absolute atomic E-state index is 0.495. The van der Waals surface area contributed by atoms with Gasteiger partial charge in [-0.3, -0.25) is 10.00 Å². The number of aromatic nitrogens is 4. The van der Waals surface area contributed by atoms with Crippen LogP contribution in [0.25, 0.3) is 22.3 Å². The third kappa shape index (κ3) is 2.60. The van der Waals surface area contributed by atoms with Crippen LogP contribution < -0.4 is 0 Å².